The minimum Gasteiger partial charge on any atom is -0.312 e. The van der Waals surface area contributed by atoms with Gasteiger partial charge >= 0.3 is 6.18 Å². The van der Waals surface area contributed by atoms with Gasteiger partial charge in [0.15, 0.2) is 11.3 Å². The van der Waals surface area contributed by atoms with Crippen LogP contribution in [0.3, 0.4) is 0 Å². The van der Waals surface area contributed by atoms with Crippen LogP contribution in [-0.2, 0) is 4.79 Å². The number of nitrogens with two attached hydrogens (primary N) is 1. The van der Waals surface area contributed by atoms with Crippen molar-refractivity contribution in [2.24, 2.45) is 5.73 Å². The van der Waals surface area contributed by atoms with Crippen molar-refractivity contribution < 1.29 is 18.0 Å². The lowest BCUT2D eigenvalue weighted by atomic mass is 9.93. The molecular formula is C16H30F3NO. The van der Waals surface area contributed by atoms with Gasteiger partial charge in [-0.3, -0.25) is 4.79 Å². The lowest BCUT2D eigenvalue weighted by Gasteiger charge is -2.25. The number of hydrogen-bond donors (Lipinski definition) is 1. The minimum atomic E-state index is -4.66. The van der Waals surface area contributed by atoms with Crippen LogP contribution in [0.2, 0.25) is 0 Å². The number of carbonyl (C=O) groups is 1. The van der Waals surface area contributed by atoms with E-state index in [2.05, 4.69) is 6.92 Å². The van der Waals surface area contributed by atoms with E-state index >= 15 is 0 Å². The summed E-state index contributed by atoms with van der Waals surface area (Å²) in [5.41, 5.74) is 2.38. The first-order valence-electron chi connectivity index (χ1n) is 8.12. The smallest absolute Gasteiger partial charge is 0.312 e. The molecule has 0 radical (unpaired) electrons. The second-order valence-electron chi connectivity index (χ2n) is 6.06. The third-order valence-corrected chi connectivity index (χ3v) is 3.93. The van der Waals surface area contributed by atoms with E-state index in [1.165, 1.54) is 38.5 Å². The molecular weight excluding hydrogens is 279 g/mol. The third-order valence-electron chi connectivity index (χ3n) is 3.93. The van der Waals surface area contributed by atoms with Gasteiger partial charge in [0.25, 0.3) is 0 Å². The molecule has 0 aromatic rings. The average molecular weight is 309 g/mol. The molecule has 2 N–H and O–H groups in total. The van der Waals surface area contributed by atoms with E-state index in [1.54, 1.807) is 0 Å². The van der Waals surface area contributed by atoms with E-state index in [4.69, 9.17) is 5.73 Å². The molecule has 0 rings (SSSR count). The van der Waals surface area contributed by atoms with Gasteiger partial charge in [0.2, 0.25) is 0 Å². The first-order chi connectivity index (χ1) is 9.73. The van der Waals surface area contributed by atoms with E-state index in [9.17, 15) is 18.0 Å². The maximum absolute atomic E-state index is 12.5. The Morgan fingerprint density at radius 2 is 1.24 bits per heavy atom. The van der Waals surface area contributed by atoms with Gasteiger partial charge in [0.05, 0.1) is 0 Å². The highest BCUT2D eigenvalue weighted by molar-refractivity contribution is 5.88. The van der Waals surface area contributed by atoms with Gasteiger partial charge < -0.3 is 5.73 Å². The zero-order chi connectivity index (χ0) is 16.4. The van der Waals surface area contributed by atoms with Gasteiger partial charge in [0.1, 0.15) is 0 Å². The summed E-state index contributed by atoms with van der Waals surface area (Å²) in [5.74, 6) is -0.908. The van der Waals surface area contributed by atoms with Crippen molar-refractivity contribution >= 4 is 5.78 Å². The number of alkyl halides is 3. The van der Waals surface area contributed by atoms with Crippen LogP contribution >= 0.6 is 0 Å². The van der Waals surface area contributed by atoms with Gasteiger partial charge in [-0.2, -0.15) is 13.2 Å². The number of carbonyl (C=O) groups excluding carboxylic acids is 1. The van der Waals surface area contributed by atoms with Crippen molar-refractivity contribution in [2.45, 2.75) is 96.2 Å². The highest BCUT2D eigenvalue weighted by Gasteiger charge is 2.52. The summed E-state index contributed by atoms with van der Waals surface area (Å²) in [5, 5.41) is 0. The van der Waals surface area contributed by atoms with E-state index in [1.807, 2.05) is 0 Å². The van der Waals surface area contributed by atoms with Crippen molar-refractivity contribution in [3.05, 3.63) is 0 Å². The number of unbranched alkanes of at least 4 members (excludes halogenated alkanes) is 9. The summed E-state index contributed by atoms with van der Waals surface area (Å²) in [6, 6.07) is 0. The predicted octanol–water partition coefficient (Wildman–Crippen LogP) is 5.15. The summed E-state index contributed by atoms with van der Waals surface area (Å²) in [6.45, 7) is 2.94. The van der Waals surface area contributed by atoms with E-state index in [-0.39, 0.29) is 6.42 Å². The fraction of sp³-hybridized carbons (Fsp3) is 0.938. The SMILES string of the molecule is CCCCCCCCCCCCC(=O)C(C)(N)C(F)(F)F. The van der Waals surface area contributed by atoms with Gasteiger partial charge in [-0.05, 0) is 13.3 Å². The number of rotatable bonds is 12. The summed E-state index contributed by atoms with van der Waals surface area (Å²) in [4.78, 5) is 11.5. The lowest BCUT2D eigenvalue weighted by Crippen LogP contribution is -2.57. The Balaban J connectivity index is 3.57. The first kappa shape index (κ1) is 20.4. The molecule has 0 aliphatic rings. The predicted molar refractivity (Wildman–Crippen MR) is 80.1 cm³/mol. The third kappa shape index (κ3) is 8.44. The Hall–Kier alpha value is -0.580. The summed E-state index contributed by atoms with van der Waals surface area (Å²) < 4.78 is 37.6. The molecule has 1 atom stereocenters. The number of Topliss-reactive ketones (excluding diaryl/α,β-unsaturated/α-hetero) is 1. The average Bonchev–Trinajstić information content (AvgIpc) is 2.39. The largest absolute Gasteiger partial charge is 0.413 e. The fourth-order valence-electron chi connectivity index (χ4n) is 2.19. The molecule has 5 heteroatoms. The van der Waals surface area contributed by atoms with Crippen LogP contribution in [0, 0.1) is 0 Å². The van der Waals surface area contributed by atoms with Crippen LogP contribution in [0.1, 0.15) is 84.5 Å². The molecule has 0 bridgehead atoms. The summed E-state index contributed by atoms with van der Waals surface area (Å²) >= 11 is 0. The maximum Gasteiger partial charge on any atom is 0.413 e. The molecule has 0 amide bonds. The molecule has 0 fully saturated rings. The molecule has 0 aliphatic carbocycles. The molecule has 126 valence electrons. The molecule has 0 aromatic heterocycles. The molecule has 1 unspecified atom stereocenters. The topological polar surface area (TPSA) is 43.1 Å². The molecule has 0 saturated carbocycles. The summed E-state index contributed by atoms with van der Waals surface area (Å²) in [6.07, 6.45) is 6.13. The van der Waals surface area contributed by atoms with Gasteiger partial charge in [-0.1, -0.05) is 64.7 Å². The highest BCUT2D eigenvalue weighted by Crippen LogP contribution is 2.30. The van der Waals surface area contributed by atoms with Crippen LogP contribution in [-0.4, -0.2) is 17.5 Å². The van der Waals surface area contributed by atoms with Crippen LogP contribution in [0.15, 0.2) is 0 Å². The Bertz CT molecular complexity index is 288. The number of halogens is 3. The highest BCUT2D eigenvalue weighted by atomic mass is 19.4. The van der Waals surface area contributed by atoms with Crippen LogP contribution in [0.25, 0.3) is 0 Å². The normalized spacial score (nSPS) is 15.0. The summed E-state index contributed by atoms with van der Waals surface area (Å²) in [7, 11) is 0. The molecule has 0 aliphatic heterocycles. The first-order valence-corrected chi connectivity index (χ1v) is 8.12. The van der Waals surface area contributed by atoms with Gasteiger partial charge in [-0.25, -0.2) is 0 Å². The molecule has 0 aromatic carbocycles. The van der Waals surface area contributed by atoms with E-state index < -0.39 is 17.5 Å². The van der Waals surface area contributed by atoms with Crippen LogP contribution in [0.5, 0.6) is 0 Å². The Morgan fingerprint density at radius 3 is 1.62 bits per heavy atom. The van der Waals surface area contributed by atoms with Gasteiger partial charge in [0, 0.05) is 6.42 Å². The number of hydrogen-bond acceptors (Lipinski definition) is 2. The van der Waals surface area contributed by atoms with Crippen molar-refractivity contribution in [1.82, 2.24) is 0 Å². The van der Waals surface area contributed by atoms with Crippen LogP contribution < -0.4 is 5.73 Å². The molecule has 0 heterocycles. The van der Waals surface area contributed by atoms with Crippen molar-refractivity contribution in [3.8, 4) is 0 Å². The van der Waals surface area contributed by atoms with E-state index in [0.29, 0.717) is 6.42 Å². The zero-order valence-electron chi connectivity index (χ0n) is 13.4. The quantitative estimate of drug-likeness (QED) is 0.507. The Morgan fingerprint density at radius 1 is 0.857 bits per heavy atom. The van der Waals surface area contributed by atoms with E-state index in [0.717, 1.165) is 26.2 Å². The monoisotopic (exact) mass is 309 g/mol. The molecule has 0 spiro atoms. The second-order valence-corrected chi connectivity index (χ2v) is 6.06. The van der Waals surface area contributed by atoms with Crippen molar-refractivity contribution in [3.63, 3.8) is 0 Å². The maximum atomic E-state index is 12.5. The Labute approximate surface area is 126 Å². The fourth-order valence-corrected chi connectivity index (χ4v) is 2.19. The number of ketones is 1. The van der Waals surface area contributed by atoms with Crippen molar-refractivity contribution in [1.29, 1.82) is 0 Å². The van der Waals surface area contributed by atoms with Crippen LogP contribution in [0.4, 0.5) is 13.2 Å². The standard InChI is InChI=1S/C16H30F3NO/c1-3-4-5-6-7-8-9-10-11-12-13-14(21)15(2,20)16(17,18)19/h3-13,20H2,1-2H3. The molecule has 21 heavy (non-hydrogen) atoms. The molecule has 0 saturated heterocycles. The Kier molecular flexibility index (Phi) is 9.92. The van der Waals surface area contributed by atoms with Crippen molar-refractivity contribution in [2.75, 3.05) is 0 Å². The minimum absolute atomic E-state index is 0.0803. The lowest BCUT2D eigenvalue weighted by molar-refractivity contribution is -0.186. The molecule has 2 nitrogen and oxygen atoms in total. The van der Waals surface area contributed by atoms with Gasteiger partial charge in [-0.15, -0.1) is 0 Å². The second kappa shape index (κ2) is 10.2. The zero-order valence-corrected chi connectivity index (χ0v) is 13.4.